The molecule has 1 rings (SSSR count). The number of nitrogens with one attached hydrogen (secondary N) is 1. The van der Waals surface area contributed by atoms with E-state index in [9.17, 15) is 9.59 Å². The highest BCUT2D eigenvalue weighted by molar-refractivity contribution is 6.05. The van der Waals surface area contributed by atoms with Crippen LogP contribution < -0.4 is 10.1 Å². The summed E-state index contributed by atoms with van der Waals surface area (Å²) in [5.74, 6) is 0.0894. The van der Waals surface area contributed by atoms with Crippen molar-refractivity contribution in [1.82, 2.24) is 0 Å². The number of carbonyl (C=O) groups excluding carboxylic acids is 2. The highest BCUT2D eigenvalue weighted by Gasteiger charge is 2.08. The van der Waals surface area contributed by atoms with E-state index in [0.717, 1.165) is 0 Å². The van der Waals surface area contributed by atoms with Crippen LogP contribution in [0.2, 0.25) is 0 Å². The number of benzene rings is 1. The first-order chi connectivity index (χ1) is 7.58. The number of anilines is 1. The van der Waals surface area contributed by atoms with Gasteiger partial charge in [-0.25, -0.2) is 0 Å². The van der Waals surface area contributed by atoms with E-state index in [2.05, 4.69) is 11.9 Å². The van der Waals surface area contributed by atoms with Crippen LogP contribution >= 0.6 is 0 Å². The van der Waals surface area contributed by atoms with E-state index in [4.69, 9.17) is 4.74 Å². The Morgan fingerprint density at radius 1 is 1.44 bits per heavy atom. The summed E-state index contributed by atoms with van der Waals surface area (Å²) in [7, 11) is 1.50. The third kappa shape index (κ3) is 2.70. The summed E-state index contributed by atoms with van der Waals surface area (Å²) in [6, 6.07) is 4.81. The summed E-state index contributed by atoms with van der Waals surface area (Å²) in [6.07, 6.45) is 1.22. The normalized spacial score (nSPS) is 9.38. The van der Waals surface area contributed by atoms with Gasteiger partial charge in [0.15, 0.2) is 5.78 Å². The van der Waals surface area contributed by atoms with Gasteiger partial charge in [0.25, 0.3) is 0 Å². The van der Waals surface area contributed by atoms with Crippen LogP contribution in [0.5, 0.6) is 5.75 Å². The quantitative estimate of drug-likeness (QED) is 0.622. The molecule has 1 N–H and O–H groups in total. The molecule has 0 fully saturated rings. The van der Waals surface area contributed by atoms with Crippen molar-refractivity contribution in [2.45, 2.75) is 6.92 Å². The Kier molecular flexibility index (Phi) is 3.83. The Labute approximate surface area is 93.9 Å². The molecule has 1 aromatic carbocycles. The molecular weight excluding hydrogens is 206 g/mol. The van der Waals surface area contributed by atoms with Gasteiger partial charge in [0.05, 0.1) is 12.8 Å². The summed E-state index contributed by atoms with van der Waals surface area (Å²) in [5.41, 5.74) is 0.933. The van der Waals surface area contributed by atoms with E-state index < -0.39 is 0 Å². The van der Waals surface area contributed by atoms with Gasteiger partial charge in [-0.2, -0.15) is 0 Å². The SMILES string of the molecule is C=CC(=O)c1ccc(OC)c(NC(C)=O)c1. The second kappa shape index (κ2) is 5.11. The van der Waals surface area contributed by atoms with Crippen LogP contribution in [0, 0.1) is 0 Å². The summed E-state index contributed by atoms with van der Waals surface area (Å²) in [6.45, 7) is 4.79. The van der Waals surface area contributed by atoms with Crippen LogP contribution in [0.1, 0.15) is 17.3 Å². The van der Waals surface area contributed by atoms with Crippen molar-refractivity contribution in [3.05, 3.63) is 36.4 Å². The Balaban J connectivity index is 3.15. The lowest BCUT2D eigenvalue weighted by molar-refractivity contribution is -0.114. The number of hydrogen-bond acceptors (Lipinski definition) is 3. The average Bonchev–Trinajstić information content (AvgIpc) is 2.27. The van der Waals surface area contributed by atoms with E-state index in [0.29, 0.717) is 17.0 Å². The van der Waals surface area contributed by atoms with E-state index in [1.54, 1.807) is 18.2 Å². The molecule has 0 aliphatic carbocycles. The Morgan fingerprint density at radius 2 is 2.12 bits per heavy atom. The first-order valence-corrected chi connectivity index (χ1v) is 4.71. The molecule has 0 aromatic heterocycles. The minimum atomic E-state index is -0.221. The van der Waals surface area contributed by atoms with Crippen molar-refractivity contribution in [3.8, 4) is 5.75 Å². The lowest BCUT2D eigenvalue weighted by Gasteiger charge is -2.09. The molecule has 1 amide bonds. The molecule has 0 radical (unpaired) electrons. The molecule has 16 heavy (non-hydrogen) atoms. The number of allylic oxidation sites excluding steroid dienone is 1. The Bertz CT molecular complexity index is 438. The summed E-state index contributed by atoms with van der Waals surface area (Å²) in [4.78, 5) is 22.3. The zero-order chi connectivity index (χ0) is 12.1. The van der Waals surface area contributed by atoms with Crippen molar-refractivity contribution in [2.75, 3.05) is 12.4 Å². The van der Waals surface area contributed by atoms with Gasteiger partial charge in [0.2, 0.25) is 5.91 Å². The smallest absolute Gasteiger partial charge is 0.221 e. The monoisotopic (exact) mass is 219 g/mol. The number of hydrogen-bond donors (Lipinski definition) is 1. The van der Waals surface area contributed by atoms with Crippen molar-refractivity contribution >= 4 is 17.4 Å². The molecule has 4 nitrogen and oxygen atoms in total. The third-order valence-electron chi connectivity index (χ3n) is 1.98. The maximum atomic E-state index is 11.4. The van der Waals surface area contributed by atoms with Gasteiger partial charge < -0.3 is 10.1 Å². The molecule has 4 heteroatoms. The predicted molar refractivity (Wildman–Crippen MR) is 61.8 cm³/mol. The van der Waals surface area contributed by atoms with Gasteiger partial charge in [-0.3, -0.25) is 9.59 Å². The summed E-state index contributed by atoms with van der Waals surface area (Å²) < 4.78 is 5.06. The second-order valence-electron chi connectivity index (χ2n) is 3.16. The molecule has 0 aliphatic rings. The predicted octanol–water partition coefficient (Wildman–Crippen LogP) is 2.02. The highest BCUT2D eigenvalue weighted by atomic mass is 16.5. The fourth-order valence-corrected chi connectivity index (χ4v) is 1.27. The molecule has 0 unspecified atom stereocenters. The van der Waals surface area contributed by atoms with Gasteiger partial charge in [0, 0.05) is 12.5 Å². The standard InChI is InChI=1S/C12H13NO3/c1-4-11(15)9-5-6-12(16-3)10(7-9)13-8(2)14/h4-7H,1H2,2-3H3,(H,13,14). The minimum absolute atomic E-state index is 0.200. The number of carbonyl (C=O) groups is 2. The van der Waals surface area contributed by atoms with Gasteiger partial charge in [-0.1, -0.05) is 6.58 Å². The molecule has 0 saturated carbocycles. The average molecular weight is 219 g/mol. The van der Waals surface area contributed by atoms with Crippen LogP contribution in [0.25, 0.3) is 0 Å². The fraction of sp³-hybridized carbons (Fsp3) is 0.167. The minimum Gasteiger partial charge on any atom is -0.495 e. The van der Waals surface area contributed by atoms with Crippen molar-refractivity contribution < 1.29 is 14.3 Å². The number of rotatable bonds is 4. The van der Waals surface area contributed by atoms with Crippen molar-refractivity contribution in [3.63, 3.8) is 0 Å². The summed E-state index contributed by atoms with van der Waals surface area (Å²) in [5, 5.41) is 2.59. The number of methoxy groups -OCH3 is 1. The molecule has 0 saturated heterocycles. The topological polar surface area (TPSA) is 55.4 Å². The van der Waals surface area contributed by atoms with Gasteiger partial charge in [-0.05, 0) is 24.3 Å². The lowest BCUT2D eigenvalue weighted by atomic mass is 10.1. The number of ketones is 1. The van der Waals surface area contributed by atoms with Crippen molar-refractivity contribution in [2.24, 2.45) is 0 Å². The van der Waals surface area contributed by atoms with Crippen LogP contribution in [0.4, 0.5) is 5.69 Å². The van der Waals surface area contributed by atoms with Gasteiger partial charge in [0.1, 0.15) is 5.75 Å². The van der Waals surface area contributed by atoms with E-state index in [-0.39, 0.29) is 11.7 Å². The molecule has 1 aromatic rings. The lowest BCUT2D eigenvalue weighted by Crippen LogP contribution is -2.08. The Morgan fingerprint density at radius 3 is 2.62 bits per heavy atom. The van der Waals surface area contributed by atoms with Crippen LogP contribution in [0.3, 0.4) is 0 Å². The molecule has 0 aliphatic heterocycles. The number of ether oxygens (including phenoxy) is 1. The molecule has 0 spiro atoms. The maximum absolute atomic E-state index is 11.4. The largest absolute Gasteiger partial charge is 0.495 e. The molecule has 0 heterocycles. The van der Waals surface area contributed by atoms with Crippen LogP contribution in [-0.2, 0) is 4.79 Å². The fourth-order valence-electron chi connectivity index (χ4n) is 1.27. The van der Waals surface area contributed by atoms with Gasteiger partial charge >= 0.3 is 0 Å². The van der Waals surface area contributed by atoms with E-state index >= 15 is 0 Å². The number of amides is 1. The maximum Gasteiger partial charge on any atom is 0.221 e. The van der Waals surface area contributed by atoms with Gasteiger partial charge in [-0.15, -0.1) is 0 Å². The first-order valence-electron chi connectivity index (χ1n) is 4.71. The zero-order valence-electron chi connectivity index (χ0n) is 9.24. The third-order valence-corrected chi connectivity index (χ3v) is 1.98. The van der Waals surface area contributed by atoms with Crippen LogP contribution in [-0.4, -0.2) is 18.8 Å². The second-order valence-corrected chi connectivity index (χ2v) is 3.16. The zero-order valence-corrected chi connectivity index (χ0v) is 9.24. The molecular formula is C12H13NO3. The molecule has 0 atom stereocenters. The van der Waals surface area contributed by atoms with E-state index in [1.807, 2.05) is 0 Å². The molecule has 0 bridgehead atoms. The summed E-state index contributed by atoms with van der Waals surface area (Å²) >= 11 is 0. The first kappa shape index (κ1) is 12.0. The Hall–Kier alpha value is -2.10. The molecule has 84 valence electrons. The van der Waals surface area contributed by atoms with E-state index in [1.165, 1.54) is 20.1 Å². The van der Waals surface area contributed by atoms with Crippen molar-refractivity contribution in [1.29, 1.82) is 0 Å². The highest BCUT2D eigenvalue weighted by Crippen LogP contribution is 2.25. The van der Waals surface area contributed by atoms with Crippen LogP contribution in [0.15, 0.2) is 30.9 Å².